The highest BCUT2D eigenvalue weighted by molar-refractivity contribution is 9.10. The fourth-order valence-electron chi connectivity index (χ4n) is 1.26. The van der Waals surface area contributed by atoms with Crippen molar-refractivity contribution in [2.45, 2.75) is 19.8 Å². The molecule has 1 aromatic carbocycles. The van der Waals surface area contributed by atoms with Crippen LogP contribution in [0.15, 0.2) is 22.7 Å². The van der Waals surface area contributed by atoms with Gasteiger partial charge in [-0.2, -0.15) is 0 Å². The fraction of sp³-hybridized carbons (Fsp3) is 0.300. The molecule has 0 aliphatic heterocycles. The second-order valence-corrected chi connectivity index (χ2v) is 3.75. The van der Waals surface area contributed by atoms with Crippen LogP contribution in [0.4, 0.5) is 0 Å². The summed E-state index contributed by atoms with van der Waals surface area (Å²) >= 11 is 3.36. The van der Waals surface area contributed by atoms with Crippen LogP contribution in [0, 0.1) is 0 Å². The lowest BCUT2D eigenvalue weighted by Crippen LogP contribution is -2.03. The molecule has 0 fully saturated rings. The van der Waals surface area contributed by atoms with E-state index in [1.54, 1.807) is 0 Å². The summed E-state index contributed by atoms with van der Waals surface area (Å²) in [5.74, 6) is -0.781. The number of hydrogen-bond donors (Lipinski definition) is 1. The Balaban J connectivity index is 2.99. The van der Waals surface area contributed by atoms with Gasteiger partial charge >= 0.3 is 5.97 Å². The highest BCUT2D eigenvalue weighted by atomic mass is 79.9. The highest BCUT2D eigenvalue weighted by Gasteiger charge is 2.05. The minimum absolute atomic E-state index is 0.108. The Morgan fingerprint density at radius 2 is 2.15 bits per heavy atom. The predicted molar refractivity (Wildman–Crippen MR) is 54.9 cm³/mol. The zero-order chi connectivity index (χ0) is 9.84. The number of carboxylic acids is 1. The summed E-state index contributed by atoms with van der Waals surface area (Å²) in [6.45, 7) is 2.02. The number of aryl methyl sites for hydroxylation is 1. The summed E-state index contributed by atoms with van der Waals surface area (Å²) in [6, 6.07) is 5.70. The molecule has 0 aliphatic carbocycles. The van der Waals surface area contributed by atoms with Crippen LogP contribution in [0.2, 0.25) is 0 Å². The molecule has 0 aliphatic rings. The van der Waals surface area contributed by atoms with Crippen molar-refractivity contribution in [3.05, 3.63) is 33.8 Å². The van der Waals surface area contributed by atoms with Crippen LogP contribution in [-0.2, 0) is 17.6 Å². The van der Waals surface area contributed by atoms with Crippen LogP contribution in [0.5, 0.6) is 0 Å². The third kappa shape index (κ3) is 2.84. The average Bonchev–Trinajstić information content (AvgIpc) is 2.07. The molecule has 70 valence electrons. The molecule has 0 spiro atoms. The first-order valence-corrected chi connectivity index (χ1v) is 4.92. The second-order valence-electron chi connectivity index (χ2n) is 2.84. The van der Waals surface area contributed by atoms with Crippen molar-refractivity contribution < 1.29 is 9.90 Å². The number of aliphatic carboxylic acids is 1. The largest absolute Gasteiger partial charge is 0.481 e. The molecular formula is C10H11BrO2. The lowest BCUT2D eigenvalue weighted by Gasteiger charge is -2.05. The first-order chi connectivity index (χ1) is 6.13. The van der Waals surface area contributed by atoms with Crippen molar-refractivity contribution in [1.82, 2.24) is 0 Å². The molecule has 0 atom stereocenters. The van der Waals surface area contributed by atoms with Gasteiger partial charge in [0, 0.05) is 4.47 Å². The Kier molecular flexibility index (Phi) is 3.48. The smallest absolute Gasteiger partial charge is 0.307 e. The summed E-state index contributed by atoms with van der Waals surface area (Å²) < 4.78 is 0.999. The standard InChI is InChI=1S/C10H11BrO2/c1-2-7-5-9(11)4-3-8(7)6-10(12)13/h3-5H,2,6H2,1H3,(H,12,13). The van der Waals surface area contributed by atoms with E-state index in [4.69, 9.17) is 5.11 Å². The summed E-state index contributed by atoms with van der Waals surface area (Å²) in [6.07, 6.45) is 0.971. The van der Waals surface area contributed by atoms with E-state index in [0.29, 0.717) is 0 Å². The van der Waals surface area contributed by atoms with E-state index in [9.17, 15) is 4.79 Å². The molecule has 0 amide bonds. The van der Waals surface area contributed by atoms with E-state index in [1.165, 1.54) is 0 Å². The van der Waals surface area contributed by atoms with Gasteiger partial charge < -0.3 is 5.11 Å². The number of rotatable bonds is 3. The number of benzene rings is 1. The third-order valence-electron chi connectivity index (χ3n) is 1.89. The van der Waals surface area contributed by atoms with E-state index < -0.39 is 5.97 Å². The summed E-state index contributed by atoms with van der Waals surface area (Å²) in [4.78, 5) is 10.5. The quantitative estimate of drug-likeness (QED) is 0.885. The molecule has 1 N–H and O–H groups in total. The maximum absolute atomic E-state index is 10.5. The summed E-state index contributed by atoms with van der Waals surface area (Å²) in [5.41, 5.74) is 2.00. The van der Waals surface area contributed by atoms with Gasteiger partial charge in [-0.1, -0.05) is 28.9 Å². The molecule has 0 bridgehead atoms. The molecule has 0 unspecified atom stereocenters. The van der Waals surface area contributed by atoms with E-state index in [1.807, 2.05) is 25.1 Å². The first kappa shape index (κ1) is 10.3. The molecular weight excluding hydrogens is 232 g/mol. The van der Waals surface area contributed by atoms with Crippen LogP contribution in [-0.4, -0.2) is 11.1 Å². The first-order valence-electron chi connectivity index (χ1n) is 4.12. The van der Waals surface area contributed by atoms with Crippen molar-refractivity contribution in [2.75, 3.05) is 0 Å². The van der Waals surface area contributed by atoms with E-state index >= 15 is 0 Å². The van der Waals surface area contributed by atoms with Crippen LogP contribution in [0.25, 0.3) is 0 Å². The van der Waals surface area contributed by atoms with Gasteiger partial charge in [-0.05, 0) is 29.7 Å². The molecule has 3 heteroatoms. The Bertz CT molecular complexity index is 321. The van der Waals surface area contributed by atoms with Gasteiger partial charge in [-0.15, -0.1) is 0 Å². The Morgan fingerprint density at radius 3 is 2.69 bits per heavy atom. The molecule has 0 saturated carbocycles. The fourth-order valence-corrected chi connectivity index (χ4v) is 1.67. The lowest BCUT2D eigenvalue weighted by atomic mass is 10.0. The van der Waals surface area contributed by atoms with Gasteiger partial charge in [-0.25, -0.2) is 0 Å². The predicted octanol–water partition coefficient (Wildman–Crippen LogP) is 2.64. The molecule has 0 aromatic heterocycles. The van der Waals surface area contributed by atoms with E-state index in [2.05, 4.69) is 15.9 Å². The van der Waals surface area contributed by atoms with Crippen molar-refractivity contribution in [3.63, 3.8) is 0 Å². The molecule has 13 heavy (non-hydrogen) atoms. The monoisotopic (exact) mass is 242 g/mol. The van der Waals surface area contributed by atoms with Crippen molar-refractivity contribution in [1.29, 1.82) is 0 Å². The summed E-state index contributed by atoms with van der Waals surface area (Å²) in [5, 5.41) is 8.64. The molecule has 0 radical (unpaired) electrons. The van der Waals surface area contributed by atoms with Crippen LogP contribution in [0.1, 0.15) is 18.1 Å². The SMILES string of the molecule is CCc1cc(Br)ccc1CC(=O)O. The molecule has 0 heterocycles. The van der Waals surface area contributed by atoms with Gasteiger partial charge in [0.05, 0.1) is 6.42 Å². The van der Waals surface area contributed by atoms with Gasteiger partial charge in [0.25, 0.3) is 0 Å². The van der Waals surface area contributed by atoms with Crippen LogP contribution in [0.3, 0.4) is 0 Å². The third-order valence-corrected chi connectivity index (χ3v) is 2.38. The maximum Gasteiger partial charge on any atom is 0.307 e. The van der Waals surface area contributed by atoms with Crippen LogP contribution < -0.4 is 0 Å². The Morgan fingerprint density at radius 1 is 1.46 bits per heavy atom. The number of carbonyl (C=O) groups is 1. The Labute approximate surface area is 85.7 Å². The molecule has 1 aromatic rings. The zero-order valence-electron chi connectivity index (χ0n) is 7.38. The number of halogens is 1. The summed E-state index contributed by atoms with van der Waals surface area (Å²) in [7, 11) is 0. The number of hydrogen-bond acceptors (Lipinski definition) is 1. The van der Waals surface area contributed by atoms with Gasteiger partial charge in [0.1, 0.15) is 0 Å². The second kappa shape index (κ2) is 4.42. The number of carboxylic acid groups (broad SMARTS) is 1. The maximum atomic E-state index is 10.5. The van der Waals surface area contributed by atoms with Gasteiger partial charge in [0.15, 0.2) is 0 Å². The van der Waals surface area contributed by atoms with Gasteiger partial charge in [0.2, 0.25) is 0 Å². The normalized spacial score (nSPS) is 10.0. The molecule has 0 saturated heterocycles. The van der Waals surface area contributed by atoms with Crippen molar-refractivity contribution in [2.24, 2.45) is 0 Å². The average molecular weight is 243 g/mol. The highest BCUT2D eigenvalue weighted by Crippen LogP contribution is 2.17. The molecule has 1 rings (SSSR count). The zero-order valence-corrected chi connectivity index (χ0v) is 8.97. The minimum atomic E-state index is -0.781. The van der Waals surface area contributed by atoms with Gasteiger partial charge in [-0.3, -0.25) is 4.79 Å². The van der Waals surface area contributed by atoms with Crippen molar-refractivity contribution >= 4 is 21.9 Å². The Hall–Kier alpha value is -0.830. The van der Waals surface area contributed by atoms with E-state index in [-0.39, 0.29) is 6.42 Å². The van der Waals surface area contributed by atoms with Crippen LogP contribution >= 0.6 is 15.9 Å². The molecule has 2 nitrogen and oxygen atoms in total. The lowest BCUT2D eigenvalue weighted by molar-refractivity contribution is -0.136. The van der Waals surface area contributed by atoms with Crippen molar-refractivity contribution in [3.8, 4) is 0 Å². The topological polar surface area (TPSA) is 37.3 Å². The van der Waals surface area contributed by atoms with E-state index in [0.717, 1.165) is 22.0 Å². The minimum Gasteiger partial charge on any atom is -0.481 e.